The molecule has 0 spiro atoms. The summed E-state index contributed by atoms with van der Waals surface area (Å²) in [5.74, 6) is -0.681. The van der Waals surface area contributed by atoms with Crippen molar-refractivity contribution < 1.29 is 14.5 Å². The van der Waals surface area contributed by atoms with Crippen LogP contribution < -0.4 is 10.6 Å². The van der Waals surface area contributed by atoms with Crippen molar-refractivity contribution in [2.24, 2.45) is 4.99 Å². The second kappa shape index (κ2) is 12.8. The van der Waals surface area contributed by atoms with E-state index in [2.05, 4.69) is 20.6 Å². The summed E-state index contributed by atoms with van der Waals surface area (Å²) in [6.45, 7) is 0. The number of anilines is 1. The molecule has 0 unspecified atom stereocenters. The van der Waals surface area contributed by atoms with Gasteiger partial charge < -0.3 is 10.6 Å². The number of nitro benzene ring substituents is 1. The Morgan fingerprint density at radius 3 is 2.61 bits per heavy atom. The van der Waals surface area contributed by atoms with Crippen LogP contribution in [-0.4, -0.2) is 26.9 Å². The average molecular weight is 679 g/mol. The minimum Gasteiger partial charge on any atom is -0.322 e. The van der Waals surface area contributed by atoms with Gasteiger partial charge in [-0.2, -0.15) is 0 Å². The van der Waals surface area contributed by atoms with E-state index in [0.717, 1.165) is 16.5 Å². The van der Waals surface area contributed by atoms with Gasteiger partial charge in [0.15, 0.2) is 9.51 Å². The summed E-state index contributed by atoms with van der Waals surface area (Å²) in [6, 6.07) is 23.7. The van der Waals surface area contributed by atoms with Gasteiger partial charge in [-0.1, -0.05) is 53.2 Å². The summed E-state index contributed by atoms with van der Waals surface area (Å²) < 4.78 is 1.39. The zero-order valence-corrected chi connectivity index (χ0v) is 26.1. The van der Waals surface area contributed by atoms with Gasteiger partial charge in [0.1, 0.15) is 0 Å². The molecule has 1 aliphatic heterocycles. The number of hydrogen-bond donors (Lipinski definition) is 2. The molecule has 0 aliphatic carbocycles. The van der Waals surface area contributed by atoms with Gasteiger partial charge >= 0.3 is 0 Å². The highest BCUT2D eigenvalue weighted by molar-refractivity contribution is 8.18. The molecule has 4 aromatic carbocycles. The number of nitrogens with zero attached hydrogens (tertiary/aromatic N) is 3. The standard InChI is InChI=1S/C30H17Cl2N5O4S3/c31-17-6-8-18(9-7-17)34-29-36-28(39)26(42-29)14-16-5-12-24(23(13-16)37(40)41)43-30-35-22-11-10-19(15-25(22)44-30)33-27(38)20-3-1-2-4-21(20)32/h1-15H,(H,33,38)(H,34,36,39)/b26-14-. The van der Waals surface area contributed by atoms with Gasteiger partial charge in [-0.3, -0.25) is 19.7 Å². The molecule has 5 aromatic rings. The minimum absolute atomic E-state index is 0.116. The molecular weight excluding hydrogens is 661 g/mol. The normalized spacial score (nSPS) is 14.7. The molecule has 1 fully saturated rings. The fourth-order valence-corrected chi connectivity index (χ4v) is 7.42. The number of thioether (sulfide) groups is 1. The van der Waals surface area contributed by atoms with Crippen LogP contribution in [0.4, 0.5) is 17.1 Å². The third-order valence-electron chi connectivity index (χ3n) is 6.13. The quantitative estimate of drug-likeness (QED) is 0.100. The van der Waals surface area contributed by atoms with Crippen LogP contribution in [0.25, 0.3) is 16.3 Å². The molecule has 0 atom stereocenters. The first-order valence-corrected chi connectivity index (χ1v) is 15.9. The highest BCUT2D eigenvalue weighted by Crippen LogP contribution is 2.40. The fourth-order valence-electron chi connectivity index (χ4n) is 4.08. The summed E-state index contributed by atoms with van der Waals surface area (Å²) >= 11 is 15.7. The number of aliphatic imine (C=N–C) groups is 1. The van der Waals surface area contributed by atoms with Crippen LogP contribution in [0.2, 0.25) is 10.0 Å². The Balaban J connectivity index is 1.19. The molecule has 9 nitrogen and oxygen atoms in total. The lowest BCUT2D eigenvalue weighted by Gasteiger charge is -2.06. The predicted octanol–water partition coefficient (Wildman–Crippen LogP) is 8.81. The van der Waals surface area contributed by atoms with E-state index in [0.29, 0.717) is 57.4 Å². The molecule has 2 amide bonds. The van der Waals surface area contributed by atoms with Crippen molar-refractivity contribution >= 4 is 108 Å². The minimum atomic E-state index is -0.463. The van der Waals surface area contributed by atoms with Gasteiger partial charge in [-0.15, -0.1) is 11.3 Å². The summed E-state index contributed by atoms with van der Waals surface area (Å²) in [6.07, 6.45) is 1.59. The van der Waals surface area contributed by atoms with Gasteiger partial charge in [-0.05, 0) is 84.1 Å². The van der Waals surface area contributed by atoms with Crippen molar-refractivity contribution in [2.45, 2.75) is 9.24 Å². The van der Waals surface area contributed by atoms with Crippen molar-refractivity contribution in [3.8, 4) is 0 Å². The third-order valence-corrected chi connectivity index (χ3v) is 9.76. The summed E-state index contributed by atoms with van der Waals surface area (Å²) in [7, 11) is 0. The number of rotatable bonds is 7. The van der Waals surface area contributed by atoms with E-state index in [1.54, 1.807) is 84.9 Å². The largest absolute Gasteiger partial charge is 0.322 e. The van der Waals surface area contributed by atoms with Crippen LogP contribution >= 0.6 is 58.1 Å². The zero-order valence-electron chi connectivity index (χ0n) is 22.1. The highest BCUT2D eigenvalue weighted by atomic mass is 35.5. The molecule has 2 N–H and O–H groups in total. The maximum Gasteiger partial charge on any atom is 0.283 e. The van der Waals surface area contributed by atoms with E-state index >= 15 is 0 Å². The van der Waals surface area contributed by atoms with E-state index in [1.165, 1.54) is 29.2 Å². The molecule has 14 heteroatoms. The lowest BCUT2D eigenvalue weighted by molar-refractivity contribution is -0.387. The zero-order chi connectivity index (χ0) is 30.8. The van der Waals surface area contributed by atoms with Crippen LogP contribution in [0.1, 0.15) is 15.9 Å². The van der Waals surface area contributed by atoms with E-state index in [4.69, 9.17) is 23.2 Å². The number of carbonyl (C=O) groups excluding carboxylic acids is 2. The second-order valence-corrected chi connectivity index (χ2v) is 13.3. The molecule has 44 heavy (non-hydrogen) atoms. The molecule has 218 valence electrons. The lowest BCUT2D eigenvalue weighted by atomic mass is 10.2. The van der Waals surface area contributed by atoms with Gasteiger partial charge in [0.25, 0.3) is 17.5 Å². The monoisotopic (exact) mass is 677 g/mol. The molecule has 1 saturated heterocycles. The Kier molecular flexibility index (Phi) is 8.69. The number of amides is 2. The van der Waals surface area contributed by atoms with Gasteiger partial charge in [0, 0.05) is 16.8 Å². The van der Waals surface area contributed by atoms with Crippen molar-refractivity contribution in [2.75, 3.05) is 5.32 Å². The summed E-state index contributed by atoms with van der Waals surface area (Å²) in [5, 5.41) is 18.9. The first kappa shape index (κ1) is 29.9. The van der Waals surface area contributed by atoms with Crippen LogP contribution in [0.5, 0.6) is 0 Å². The van der Waals surface area contributed by atoms with E-state index in [1.807, 2.05) is 0 Å². The number of nitrogens with one attached hydrogen (secondary N) is 2. The topological polar surface area (TPSA) is 127 Å². The first-order valence-electron chi connectivity index (χ1n) is 12.7. The Labute approximate surface area is 272 Å². The molecular formula is C30H17Cl2N5O4S3. The van der Waals surface area contributed by atoms with Gasteiger partial charge in [0.2, 0.25) is 0 Å². The molecule has 0 bridgehead atoms. The highest BCUT2D eigenvalue weighted by Gasteiger charge is 2.25. The maximum absolute atomic E-state index is 12.7. The molecule has 1 aromatic heterocycles. The number of fused-ring (bicyclic) bond motifs is 1. The van der Waals surface area contributed by atoms with Crippen LogP contribution in [0.3, 0.4) is 0 Å². The Morgan fingerprint density at radius 1 is 1.05 bits per heavy atom. The van der Waals surface area contributed by atoms with Gasteiger partial charge in [-0.25, -0.2) is 9.98 Å². The number of benzene rings is 4. The second-order valence-electron chi connectivity index (χ2n) is 9.14. The van der Waals surface area contributed by atoms with Crippen molar-refractivity contribution in [1.29, 1.82) is 0 Å². The van der Waals surface area contributed by atoms with Crippen LogP contribution in [0.15, 0.2) is 104 Å². The van der Waals surface area contributed by atoms with E-state index in [9.17, 15) is 19.7 Å². The number of thiazole rings is 1. The van der Waals surface area contributed by atoms with Crippen molar-refractivity contribution in [1.82, 2.24) is 10.3 Å². The summed E-state index contributed by atoms with van der Waals surface area (Å²) in [4.78, 5) is 46.5. The molecule has 2 heterocycles. The number of amidine groups is 1. The lowest BCUT2D eigenvalue weighted by Crippen LogP contribution is -2.19. The molecule has 0 radical (unpaired) electrons. The Morgan fingerprint density at radius 2 is 1.84 bits per heavy atom. The van der Waals surface area contributed by atoms with E-state index in [-0.39, 0.29) is 17.5 Å². The fraction of sp³-hybridized carbons (Fsp3) is 0. The molecule has 6 rings (SSSR count). The summed E-state index contributed by atoms with van der Waals surface area (Å²) in [5.41, 5.74) is 2.63. The number of nitro groups is 1. The number of hydrogen-bond acceptors (Lipinski definition) is 9. The molecule has 1 aliphatic rings. The number of halogens is 2. The predicted molar refractivity (Wildman–Crippen MR) is 179 cm³/mol. The van der Waals surface area contributed by atoms with Crippen LogP contribution in [-0.2, 0) is 4.79 Å². The Bertz CT molecular complexity index is 2030. The van der Waals surface area contributed by atoms with Gasteiger partial charge in [0.05, 0.1) is 41.2 Å². The smallest absolute Gasteiger partial charge is 0.283 e. The van der Waals surface area contributed by atoms with Crippen LogP contribution in [0, 0.1) is 10.1 Å². The maximum atomic E-state index is 12.7. The molecule has 0 saturated carbocycles. The number of aromatic nitrogens is 1. The number of carbonyl (C=O) groups is 2. The third kappa shape index (κ3) is 6.79. The van der Waals surface area contributed by atoms with Crippen molar-refractivity contribution in [3.05, 3.63) is 121 Å². The first-order chi connectivity index (χ1) is 21.2. The average Bonchev–Trinajstić information content (AvgIpc) is 3.56. The SMILES string of the molecule is O=C1NC(=Nc2ccc(Cl)cc2)S/C1=C\c1ccc(Sc2nc3ccc(NC(=O)c4ccccc4Cl)cc3s2)c([N+](=O)[O-])c1. The Hall–Kier alpha value is -4.20. The van der Waals surface area contributed by atoms with E-state index < -0.39 is 4.92 Å². The van der Waals surface area contributed by atoms with Crippen molar-refractivity contribution in [3.63, 3.8) is 0 Å².